The smallest absolute Gasteiger partial charge is 0.228 e. The molecule has 0 aliphatic heterocycles. The van der Waals surface area contributed by atoms with E-state index in [1.54, 1.807) is 18.2 Å². The number of anilines is 1. The van der Waals surface area contributed by atoms with Gasteiger partial charge in [-0.25, -0.2) is 0 Å². The summed E-state index contributed by atoms with van der Waals surface area (Å²) in [6.45, 7) is 2.24. The Bertz CT molecular complexity index is 731. The summed E-state index contributed by atoms with van der Waals surface area (Å²) in [6, 6.07) is 4.92. The second-order valence-electron chi connectivity index (χ2n) is 8.05. The van der Waals surface area contributed by atoms with Gasteiger partial charge in [-0.15, -0.1) is 0 Å². The van der Waals surface area contributed by atoms with E-state index >= 15 is 0 Å². The van der Waals surface area contributed by atoms with Crippen molar-refractivity contribution in [2.75, 3.05) is 5.32 Å². The Morgan fingerprint density at radius 1 is 0.909 bits per heavy atom. The molecule has 0 aliphatic carbocycles. The van der Waals surface area contributed by atoms with Gasteiger partial charge in [0.05, 0.1) is 10.7 Å². The van der Waals surface area contributed by atoms with Crippen LogP contribution in [0.15, 0.2) is 18.2 Å². The number of thiocarbonyl (C=S) groups is 1. The molecule has 1 aromatic rings. The molecule has 1 amide bonds. The Balaban J connectivity index is 2.30. The summed E-state index contributed by atoms with van der Waals surface area (Å²) in [6.07, 6.45) is 12.7. The SMILES string of the molecule is CCCCCCCCCCCCCC(=O)N[C@@H](NC(=S)Nc1ccc(Cl)cc1Cl)C(Cl)(Cl)Cl. The summed E-state index contributed by atoms with van der Waals surface area (Å²) in [5.74, 6) is -0.206. The van der Waals surface area contributed by atoms with Crippen LogP contribution >= 0.6 is 70.2 Å². The predicted molar refractivity (Wildman–Crippen MR) is 149 cm³/mol. The van der Waals surface area contributed by atoms with Gasteiger partial charge in [0.15, 0.2) is 5.11 Å². The largest absolute Gasteiger partial charge is 0.339 e. The highest BCUT2D eigenvalue weighted by atomic mass is 35.6. The Morgan fingerprint density at radius 3 is 1.97 bits per heavy atom. The molecule has 0 saturated carbocycles. The first kappa shape index (κ1) is 30.9. The lowest BCUT2D eigenvalue weighted by Gasteiger charge is -2.28. The zero-order valence-electron chi connectivity index (χ0n) is 19.0. The minimum absolute atomic E-state index is 0.144. The molecular weight excluding hydrogens is 544 g/mol. The first-order valence-electron chi connectivity index (χ1n) is 11.5. The number of hydrogen-bond donors (Lipinski definition) is 3. The summed E-state index contributed by atoms with van der Waals surface area (Å²) >= 11 is 35.4. The lowest BCUT2D eigenvalue weighted by atomic mass is 10.1. The molecule has 0 heterocycles. The number of benzene rings is 1. The first-order chi connectivity index (χ1) is 15.6. The van der Waals surface area contributed by atoms with Gasteiger partial charge in [-0.2, -0.15) is 0 Å². The van der Waals surface area contributed by atoms with Crippen molar-refractivity contribution in [3.63, 3.8) is 0 Å². The highest BCUT2D eigenvalue weighted by Gasteiger charge is 2.34. The number of carbonyl (C=O) groups excluding carboxylic acids is 1. The summed E-state index contributed by atoms with van der Waals surface area (Å²) in [7, 11) is 0. The van der Waals surface area contributed by atoms with Crippen LogP contribution in [0.25, 0.3) is 0 Å². The van der Waals surface area contributed by atoms with E-state index in [4.69, 9.17) is 70.2 Å². The van der Waals surface area contributed by atoms with Crippen molar-refractivity contribution in [3.8, 4) is 0 Å². The Labute approximate surface area is 228 Å². The van der Waals surface area contributed by atoms with Gasteiger partial charge >= 0.3 is 0 Å². The Hall–Kier alpha value is -0.170. The van der Waals surface area contributed by atoms with Gasteiger partial charge in [0.25, 0.3) is 0 Å². The molecule has 1 aromatic carbocycles. The number of nitrogens with one attached hydrogen (secondary N) is 3. The number of unbranched alkanes of at least 4 members (excludes halogenated alkanes) is 10. The monoisotopic (exact) mass is 575 g/mol. The molecule has 0 aromatic heterocycles. The Morgan fingerprint density at radius 2 is 1.45 bits per heavy atom. The maximum absolute atomic E-state index is 12.4. The third-order valence-corrected chi connectivity index (χ3v) is 6.52. The van der Waals surface area contributed by atoms with Crippen LogP contribution in [0.5, 0.6) is 0 Å². The highest BCUT2D eigenvalue weighted by Crippen LogP contribution is 2.30. The van der Waals surface area contributed by atoms with Gasteiger partial charge in [-0.3, -0.25) is 4.79 Å². The predicted octanol–water partition coefficient (Wildman–Crippen LogP) is 8.79. The number of carbonyl (C=O) groups is 1. The van der Waals surface area contributed by atoms with Crippen LogP contribution in [0, 0.1) is 0 Å². The quantitative estimate of drug-likeness (QED) is 0.0844. The second kappa shape index (κ2) is 17.3. The molecule has 33 heavy (non-hydrogen) atoms. The summed E-state index contributed by atoms with van der Waals surface area (Å²) in [5.41, 5.74) is 0.536. The molecule has 1 atom stereocenters. The third-order valence-electron chi connectivity index (χ3n) is 5.09. The highest BCUT2D eigenvalue weighted by molar-refractivity contribution is 7.80. The normalized spacial score (nSPS) is 12.3. The standard InChI is InChI=1S/C23H34Cl5N3OS/c1-2-3-4-5-6-7-8-9-10-11-12-13-20(32)30-21(23(26,27)28)31-22(33)29-19-15-14-17(24)16-18(19)25/h14-16,21H,2-13H2,1H3,(H,30,32)(H2,29,31,33)/t21-/m0/s1. The molecule has 0 fully saturated rings. The van der Waals surface area contributed by atoms with Crippen molar-refractivity contribution in [1.82, 2.24) is 10.6 Å². The Kier molecular flexibility index (Phi) is 16.2. The maximum atomic E-state index is 12.4. The molecule has 0 aliphatic rings. The van der Waals surface area contributed by atoms with E-state index in [1.807, 2.05) is 0 Å². The molecule has 188 valence electrons. The summed E-state index contributed by atoms with van der Waals surface area (Å²) in [5, 5.41) is 9.46. The molecule has 10 heteroatoms. The number of rotatable bonds is 15. The fraction of sp³-hybridized carbons (Fsp3) is 0.652. The lowest BCUT2D eigenvalue weighted by molar-refractivity contribution is -0.122. The van der Waals surface area contributed by atoms with E-state index in [9.17, 15) is 4.79 Å². The molecule has 0 radical (unpaired) electrons. The fourth-order valence-corrected chi connectivity index (χ4v) is 4.27. The molecule has 4 nitrogen and oxygen atoms in total. The van der Waals surface area contributed by atoms with E-state index < -0.39 is 9.96 Å². The van der Waals surface area contributed by atoms with Crippen molar-refractivity contribution in [2.45, 2.75) is 93.9 Å². The average molecular weight is 578 g/mol. The molecule has 0 saturated heterocycles. The van der Waals surface area contributed by atoms with Crippen LogP contribution < -0.4 is 16.0 Å². The molecule has 0 bridgehead atoms. The summed E-state index contributed by atoms with van der Waals surface area (Å²) in [4.78, 5) is 12.4. The third kappa shape index (κ3) is 14.7. The fourth-order valence-electron chi connectivity index (χ4n) is 3.26. The van der Waals surface area contributed by atoms with E-state index in [-0.39, 0.29) is 11.0 Å². The van der Waals surface area contributed by atoms with Gasteiger partial charge in [0, 0.05) is 11.4 Å². The summed E-state index contributed by atoms with van der Waals surface area (Å²) < 4.78 is -1.80. The van der Waals surface area contributed by atoms with Gasteiger partial charge in [-0.05, 0) is 36.8 Å². The van der Waals surface area contributed by atoms with E-state index in [1.165, 1.54) is 51.4 Å². The van der Waals surface area contributed by atoms with Crippen LogP contribution in [-0.4, -0.2) is 21.0 Å². The van der Waals surface area contributed by atoms with Gasteiger partial charge < -0.3 is 16.0 Å². The van der Waals surface area contributed by atoms with Crippen LogP contribution in [0.1, 0.15) is 84.0 Å². The van der Waals surface area contributed by atoms with Crippen molar-refractivity contribution in [1.29, 1.82) is 0 Å². The van der Waals surface area contributed by atoms with Crippen molar-refractivity contribution in [3.05, 3.63) is 28.2 Å². The zero-order valence-corrected chi connectivity index (χ0v) is 23.6. The topological polar surface area (TPSA) is 53.2 Å². The second-order valence-corrected chi connectivity index (χ2v) is 11.7. The van der Waals surface area contributed by atoms with E-state index in [0.717, 1.165) is 19.3 Å². The molecule has 1 rings (SSSR count). The van der Waals surface area contributed by atoms with Crippen molar-refractivity contribution >= 4 is 86.9 Å². The number of alkyl halides is 3. The van der Waals surface area contributed by atoms with Gasteiger partial charge in [0.1, 0.15) is 6.17 Å². The average Bonchev–Trinajstić information content (AvgIpc) is 2.73. The lowest BCUT2D eigenvalue weighted by Crippen LogP contribution is -2.56. The molecular formula is C23H34Cl5N3OS. The number of hydrogen-bond acceptors (Lipinski definition) is 2. The van der Waals surface area contributed by atoms with Gasteiger partial charge in [-0.1, -0.05) is 129 Å². The van der Waals surface area contributed by atoms with Crippen LogP contribution in [0.2, 0.25) is 10.0 Å². The first-order valence-corrected chi connectivity index (χ1v) is 13.8. The van der Waals surface area contributed by atoms with E-state index in [2.05, 4.69) is 22.9 Å². The molecule has 0 unspecified atom stereocenters. The minimum Gasteiger partial charge on any atom is -0.339 e. The van der Waals surface area contributed by atoms with Crippen LogP contribution in [0.3, 0.4) is 0 Å². The minimum atomic E-state index is -1.80. The zero-order chi connectivity index (χ0) is 24.7. The van der Waals surface area contributed by atoms with Gasteiger partial charge in [0.2, 0.25) is 9.70 Å². The molecule has 3 N–H and O–H groups in total. The van der Waals surface area contributed by atoms with Crippen LogP contribution in [-0.2, 0) is 4.79 Å². The van der Waals surface area contributed by atoms with Crippen LogP contribution in [0.4, 0.5) is 5.69 Å². The number of amides is 1. The van der Waals surface area contributed by atoms with Crippen molar-refractivity contribution in [2.24, 2.45) is 0 Å². The molecule has 0 spiro atoms. The van der Waals surface area contributed by atoms with Crippen molar-refractivity contribution < 1.29 is 4.79 Å². The maximum Gasteiger partial charge on any atom is 0.228 e. The van der Waals surface area contributed by atoms with E-state index in [0.29, 0.717) is 22.2 Å². The number of halogens is 5.